The van der Waals surface area contributed by atoms with Gasteiger partial charge in [0.25, 0.3) is 0 Å². The molecular weight excluding hydrogens is 914 g/mol. The van der Waals surface area contributed by atoms with Crippen LogP contribution in [0.5, 0.6) is 0 Å². The summed E-state index contributed by atoms with van der Waals surface area (Å²) in [5.41, 5.74) is 0.499. The van der Waals surface area contributed by atoms with E-state index in [4.69, 9.17) is 4.98 Å². The first kappa shape index (κ1) is 47.6. The number of nitrogens with zero attached hydrogens (tertiary/aromatic N) is 5. The number of aromatic nitrogens is 1. The summed E-state index contributed by atoms with van der Waals surface area (Å²) in [4.78, 5) is 73.4. The van der Waals surface area contributed by atoms with Crippen molar-refractivity contribution in [3.8, 4) is 0 Å². The molecule has 2 unspecified atom stereocenters. The number of sulfonamides is 1. The Balaban J connectivity index is 0.00000841. The zero-order chi connectivity index (χ0) is 40.1. The van der Waals surface area contributed by atoms with E-state index in [9.17, 15) is 52.8 Å². The molecule has 308 valence electrons. The van der Waals surface area contributed by atoms with Gasteiger partial charge >= 0.3 is 51.9 Å². The van der Waals surface area contributed by atoms with E-state index in [-0.39, 0.29) is 156 Å². The van der Waals surface area contributed by atoms with Crippen molar-refractivity contribution in [3.05, 3.63) is 52.3 Å². The summed E-state index contributed by atoms with van der Waals surface area (Å²) in [6.45, 7) is 2.41. The third kappa shape index (κ3) is 15.2. The normalized spacial score (nSPS) is 17.0. The van der Waals surface area contributed by atoms with Gasteiger partial charge in [-0.05, 0) is 49.9 Å². The van der Waals surface area contributed by atoms with Gasteiger partial charge in [0.05, 0.1) is 29.3 Å². The number of hydrogen-bond donors (Lipinski definition) is 3. The number of carbonyl (C=O) groups is 4. The maximum Gasteiger partial charge on any atom is 2.00 e. The molecule has 1 saturated heterocycles. The van der Waals surface area contributed by atoms with Gasteiger partial charge < -0.3 is 30.0 Å². The van der Waals surface area contributed by atoms with Crippen LogP contribution in [0.15, 0.2) is 41.2 Å². The van der Waals surface area contributed by atoms with E-state index >= 15 is 0 Å². The van der Waals surface area contributed by atoms with Crippen molar-refractivity contribution in [2.24, 2.45) is 0 Å². The van der Waals surface area contributed by atoms with E-state index in [2.05, 4.69) is 4.72 Å². The zero-order valence-corrected chi connectivity index (χ0v) is 35.0. The van der Waals surface area contributed by atoms with E-state index in [1.54, 1.807) is 34.1 Å². The number of rotatable bonds is 18. The first-order valence-corrected chi connectivity index (χ1v) is 20.9. The Bertz CT molecular complexity index is 1930. The molecular formula is C36H48GdN6O11S2. The smallest absolute Gasteiger partial charge is 0.548 e. The van der Waals surface area contributed by atoms with Crippen molar-refractivity contribution in [1.82, 2.24) is 29.3 Å². The number of pyridine rings is 1. The molecule has 3 N–H and O–H groups in total. The molecule has 20 heteroatoms. The predicted molar refractivity (Wildman–Crippen MR) is 202 cm³/mol. The largest absolute Gasteiger partial charge is 2.00 e. The van der Waals surface area contributed by atoms with Crippen LogP contribution in [0.25, 0.3) is 20.3 Å². The number of carboxylic acid groups (broad SMARTS) is 4. The monoisotopic (exact) mass is 962 g/mol. The summed E-state index contributed by atoms with van der Waals surface area (Å²) in [5.74, 6) is -4.80. The Morgan fingerprint density at radius 2 is 1.32 bits per heavy atom. The first-order chi connectivity index (χ1) is 26.1. The molecule has 2 atom stereocenters. The molecule has 1 aromatic carbocycles. The molecule has 3 heterocycles. The Morgan fingerprint density at radius 1 is 0.804 bits per heavy atom. The fourth-order valence-electron chi connectivity index (χ4n) is 6.75. The number of carboxylic acids is 4. The number of carbonyl (C=O) groups excluding carboxylic acids is 2. The molecule has 0 bridgehead atoms. The molecule has 4 rings (SSSR count). The minimum atomic E-state index is -3.52. The van der Waals surface area contributed by atoms with E-state index in [1.165, 1.54) is 11.3 Å². The third-order valence-electron chi connectivity index (χ3n) is 9.65. The van der Waals surface area contributed by atoms with Gasteiger partial charge in [0.15, 0.2) is 5.43 Å². The number of aliphatic carboxylic acids is 4. The number of benzene rings is 1. The summed E-state index contributed by atoms with van der Waals surface area (Å²) in [5, 5.41) is 44.5. The van der Waals surface area contributed by atoms with Crippen LogP contribution in [0.1, 0.15) is 44.2 Å². The summed E-state index contributed by atoms with van der Waals surface area (Å²) < 4.78 is 26.8. The molecule has 1 fully saturated rings. The van der Waals surface area contributed by atoms with Crippen LogP contribution < -0.4 is 20.4 Å². The summed E-state index contributed by atoms with van der Waals surface area (Å²) in [7, 11) is -3.52. The van der Waals surface area contributed by atoms with Gasteiger partial charge in [-0.1, -0.05) is 12.1 Å². The van der Waals surface area contributed by atoms with Crippen molar-refractivity contribution in [1.29, 1.82) is 0 Å². The molecule has 1 aliphatic rings. The van der Waals surface area contributed by atoms with Crippen molar-refractivity contribution < 1.29 is 88.0 Å². The van der Waals surface area contributed by atoms with Crippen LogP contribution >= 0.6 is 11.3 Å². The van der Waals surface area contributed by atoms with Gasteiger partial charge in [-0.15, -0.1) is 11.3 Å². The van der Waals surface area contributed by atoms with Gasteiger partial charge in [0.1, 0.15) is 4.83 Å². The van der Waals surface area contributed by atoms with Crippen LogP contribution in [0.2, 0.25) is 0 Å². The fraction of sp³-hybridized carbons (Fsp3) is 0.556. The van der Waals surface area contributed by atoms with Crippen molar-refractivity contribution in [2.45, 2.75) is 57.2 Å². The van der Waals surface area contributed by atoms with Gasteiger partial charge in [0.2, 0.25) is 10.0 Å². The molecule has 0 radical (unpaired) electrons. The van der Waals surface area contributed by atoms with Crippen molar-refractivity contribution >= 4 is 65.5 Å². The average molecular weight is 962 g/mol. The van der Waals surface area contributed by atoms with E-state index < -0.39 is 46.0 Å². The second kappa shape index (κ2) is 23.0. The van der Waals surface area contributed by atoms with Crippen LogP contribution in [-0.4, -0.2) is 151 Å². The van der Waals surface area contributed by atoms with Crippen molar-refractivity contribution in [3.63, 3.8) is 0 Å². The summed E-state index contributed by atoms with van der Waals surface area (Å²) in [6.07, 6.45) is 0.862. The molecule has 3 aromatic rings. The molecule has 0 saturated carbocycles. The quantitative estimate of drug-likeness (QED) is 0.127. The third-order valence-corrected chi connectivity index (χ3v) is 11.5. The van der Waals surface area contributed by atoms with E-state index in [1.807, 2.05) is 21.9 Å². The molecule has 17 nitrogen and oxygen atoms in total. The minimum absolute atomic E-state index is 0. The number of fused-ring (bicyclic) bond motifs is 2. The summed E-state index contributed by atoms with van der Waals surface area (Å²) >= 11 is 1.38. The first-order valence-electron chi connectivity index (χ1n) is 18.2. The fourth-order valence-corrected chi connectivity index (χ4v) is 8.27. The average Bonchev–Trinajstić information content (AvgIpc) is 3.10. The molecule has 0 aliphatic carbocycles. The number of nitrogens with one attached hydrogen (secondary N) is 1. The molecule has 56 heavy (non-hydrogen) atoms. The van der Waals surface area contributed by atoms with Gasteiger partial charge in [-0.2, -0.15) is 0 Å². The predicted octanol–water partition coefficient (Wildman–Crippen LogP) is -1.17. The molecule has 1 aliphatic heterocycles. The van der Waals surface area contributed by atoms with Crippen molar-refractivity contribution in [2.75, 3.05) is 71.7 Å². The Hall–Kier alpha value is -2.79. The maximum absolute atomic E-state index is 13.2. The maximum atomic E-state index is 13.2. The molecule has 0 amide bonds. The second-order valence-electron chi connectivity index (χ2n) is 13.7. The van der Waals surface area contributed by atoms with Crippen LogP contribution in [-0.2, 0) is 35.7 Å². The van der Waals surface area contributed by atoms with Gasteiger partial charge in [0, 0.05) is 107 Å². The SMILES string of the molecule is CS(=O)(=O)NCCN1CCN(C(CCCC(=O)O)C(=O)[O-])CCN(Cc2ccc3c(=O)c4ccccc4sc3n2)CCN(C(CCCC(=O)O)C(=O)[O-])CC1.[Gd+2]. The Morgan fingerprint density at radius 3 is 1.82 bits per heavy atom. The number of hydrogen-bond acceptors (Lipinski definition) is 15. The molecule has 0 spiro atoms. The second-order valence-corrected chi connectivity index (χ2v) is 16.5. The zero-order valence-electron chi connectivity index (χ0n) is 31.1. The van der Waals surface area contributed by atoms with E-state index in [0.29, 0.717) is 21.3 Å². The standard InChI is InChI=1S/C36H50N6O11S2.Gd/c1-55(52,53)37-14-15-39-16-20-41(28(35(48)49)7-4-10-31(43)44)22-18-40(19-23-42(21-17-39)29(36(50)51)8-5-11-32(45)46)24-25-12-13-27-33(47)26-6-2-3-9-30(26)54-34(27)38-25;/h2-3,6,9,12-13,28-29,37H,4-5,7-8,10-11,14-24H2,1H3,(H,43,44)(H,45,46)(H,48,49)(H,50,51);/q;+2/p-2. The van der Waals surface area contributed by atoms with Gasteiger partial charge in [-0.25, -0.2) is 18.1 Å². The van der Waals surface area contributed by atoms with Gasteiger partial charge in [-0.3, -0.25) is 34.0 Å². The Kier molecular flexibility index (Phi) is 19.5. The topological polar surface area (TPSA) is 244 Å². The van der Waals surface area contributed by atoms with E-state index in [0.717, 1.165) is 11.0 Å². The summed E-state index contributed by atoms with van der Waals surface area (Å²) in [6, 6.07) is 8.53. The minimum Gasteiger partial charge on any atom is -0.548 e. The Labute approximate surface area is 361 Å². The molecule has 2 aromatic heterocycles. The van der Waals surface area contributed by atoms with Crippen LogP contribution in [0.3, 0.4) is 0 Å². The van der Waals surface area contributed by atoms with Crippen LogP contribution in [0, 0.1) is 39.9 Å². The van der Waals surface area contributed by atoms with Crippen LogP contribution in [0.4, 0.5) is 0 Å².